The van der Waals surface area contributed by atoms with Crippen LogP contribution in [0.25, 0.3) is 5.57 Å². The maximum atomic E-state index is 14.9. The fourth-order valence-electron chi connectivity index (χ4n) is 5.77. The summed E-state index contributed by atoms with van der Waals surface area (Å²) in [4.78, 5) is 18.6. The number of rotatable bonds is 18. The molecule has 0 amide bonds. The van der Waals surface area contributed by atoms with Crippen molar-refractivity contribution in [1.29, 1.82) is 0 Å². The smallest absolute Gasteiger partial charge is 0.146 e. The second-order valence-electron chi connectivity index (χ2n) is 11.9. The average molecular weight is 603 g/mol. The molecule has 0 saturated carbocycles. The number of Topliss-reactive ketones (excluding diaryl/α,β-unsaturated/α-hetero) is 1. The highest BCUT2D eigenvalue weighted by molar-refractivity contribution is 5.92. The lowest BCUT2D eigenvalue weighted by Gasteiger charge is -2.36. The summed E-state index contributed by atoms with van der Waals surface area (Å²) in [5.74, 6) is 0.0183. The van der Waals surface area contributed by atoms with Crippen LogP contribution in [-0.4, -0.2) is 12.0 Å². The van der Waals surface area contributed by atoms with Crippen molar-refractivity contribution in [2.24, 2.45) is 10.9 Å². The zero-order valence-corrected chi connectivity index (χ0v) is 29.5. The number of hydrogen-bond acceptors (Lipinski definition) is 3. The van der Waals surface area contributed by atoms with Crippen LogP contribution in [-0.2, 0) is 10.2 Å². The molecule has 0 unspecified atom stereocenters. The maximum Gasteiger partial charge on any atom is 0.146 e. The Balaban J connectivity index is 3.81. The van der Waals surface area contributed by atoms with E-state index in [1.165, 1.54) is 6.08 Å². The monoisotopic (exact) mass is 602 g/mol. The molecule has 44 heavy (non-hydrogen) atoms. The van der Waals surface area contributed by atoms with Gasteiger partial charge in [0.2, 0.25) is 0 Å². The summed E-state index contributed by atoms with van der Waals surface area (Å²) in [5.41, 5.74) is 7.03. The van der Waals surface area contributed by atoms with Gasteiger partial charge in [0.15, 0.2) is 0 Å². The topological polar surface area (TPSA) is 41.5 Å². The zero-order valence-electron chi connectivity index (χ0n) is 29.5. The molecule has 1 aromatic carbocycles. The second-order valence-corrected chi connectivity index (χ2v) is 11.9. The minimum atomic E-state index is -0.455. The zero-order chi connectivity index (χ0) is 33.3. The number of aryl methyl sites for hydroxylation is 1. The van der Waals surface area contributed by atoms with Crippen molar-refractivity contribution in [1.82, 2.24) is 5.32 Å². The van der Waals surface area contributed by atoms with Crippen LogP contribution >= 0.6 is 0 Å². The number of benzene rings is 1. The van der Waals surface area contributed by atoms with Crippen molar-refractivity contribution in [2.75, 3.05) is 0 Å². The van der Waals surface area contributed by atoms with Gasteiger partial charge < -0.3 is 5.32 Å². The van der Waals surface area contributed by atoms with Gasteiger partial charge in [0.05, 0.1) is 16.8 Å². The van der Waals surface area contributed by atoms with E-state index in [4.69, 9.17) is 4.99 Å². The number of halogens is 1. The summed E-state index contributed by atoms with van der Waals surface area (Å²) in [6.45, 7) is 22.6. The van der Waals surface area contributed by atoms with Crippen LogP contribution in [0.15, 0.2) is 88.1 Å². The molecule has 0 fully saturated rings. The summed E-state index contributed by atoms with van der Waals surface area (Å²) in [7, 11) is 0. The van der Waals surface area contributed by atoms with E-state index >= 15 is 0 Å². The molecule has 0 bridgehead atoms. The Morgan fingerprint density at radius 3 is 2.16 bits per heavy atom. The number of nitrogens with one attached hydrogen (secondary N) is 1. The highest BCUT2D eigenvalue weighted by Gasteiger charge is 2.40. The van der Waals surface area contributed by atoms with Gasteiger partial charge in [0, 0.05) is 17.8 Å². The number of hydrogen-bond donors (Lipinski definition) is 1. The Kier molecular flexibility index (Phi) is 17.5. The van der Waals surface area contributed by atoms with Crippen molar-refractivity contribution in [3.63, 3.8) is 0 Å². The van der Waals surface area contributed by atoms with Crippen LogP contribution in [0.5, 0.6) is 0 Å². The van der Waals surface area contributed by atoms with Crippen molar-refractivity contribution in [3.8, 4) is 0 Å². The molecule has 1 aromatic rings. The Bertz CT molecular complexity index is 1290. The van der Waals surface area contributed by atoms with E-state index in [2.05, 4.69) is 70.3 Å². The first-order valence-electron chi connectivity index (χ1n) is 16.7. The lowest BCUT2D eigenvalue weighted by atomic mass is 9.66. The predicted molar refractivity (Wildman–Crippen MR) is 192 cm³/mol. The minimum Gasteiger partial charge on any atom is -0.356 e. The van der Waals surface area contributed by atoms with E-state index in [0.29, 0.717) is 11.5 Å². The highest BCUT2D eigenvalue weighted by Crippen LogP contribution is 2.40. The third kappa shape index (κ3) is 10.7. The lowest BCUT2D eigenvalue weighted by Crippen LogP contribution is -2.39. The first kappa shape index (κ1) is 38.8. The number of nitrogens with zero attached hydrogens (tertiary/aromatic N) is 1. The van der Waals surface area contributed by atoms with Crippen LogP contribution in [0.3, 0.4) is 0 Å². The van der Waals surface area contributed by atoms with Crippen LogP contribution in [0.4, 0.5) is 4.39 Å². The van der Waals surface area contributed by atoms with E-state index in [1.807, 2.05) is 59.9 Å². The molecule has 0 atom stereocenters. The molecule has 0 aromatic heterocycles. The first-order valence-corrected chi connectivity index (χ1v) is 16.7. The van der Waals surface area contributed by atoms with Crippen molar-refractivity contribution in [2.45, 2.75) is 127 Å². The quantitative estimate of drug-likeness (QED) is 0.134. The first-order chi connectivity index (χ1) is 21.0. The molecule has 0 aliphatic carbocycles. The Labute approximate surface area is 268 Å². The van der Waals surface area contributed by atoms with Gasteiger partial charge in [-0.3, -0.25) is 9.79 Å². The molecule has 0 heterocycles. The summed E-state index contributed by atoms with van der Waals surface area (Å²) in [6, 6.07) is 6.59. The summed E-state index contributed by atoms with van der Waals surface area (Å²) < 4.78 is 14.9. The maximum absolute atomic E-state index is 14.9. The van der Waals surface area contributed by atoms with Crippen LogP contribution in [0.1, 0.15) is 131 Å². The summed E-state index contributed by atoms with van der Waals surface area (Å²) in [6.07, 6.45) is 19.2. The Morgan fingerprint density at radius 1 is 1.00 bits per heavy atom. The van der Waals surface area contributed by atoms with E-state index in [1.54, 1.807) is 6.08 Å². The van der Waals surface area contributed by atoms with Crippen LogP contribution in [0, 0.1) is 12.8 Å². The fourth-order valence-corrected chi connectivity index (χ4v) is 5.77. The molecule has 0 aliphatic heterocycles. The van der Waals surface area contributed by atoms with Gasteiger partial charge in [-0.2, -0.15) is 0 Å². The van der Waals surface area contributed by atoms with Gasteiger partial charge in [-0.05, 0) is 106 Å². The van der Waals surface area contributed by atoms with Crippen molar-refractivity contribution < 1.29 is 9.18 Å². The molecule has 3 nitrogen and oxygen atoms in total. The molecule has 4 heteroatoms. The molecule has 0 radical (unpaired) electrons. The number of aliphatic imine (C=N–C) groups is 1. The molecule has 0 saturated heterocycles. The van der Waals surface area contributed by atoms with E-state index in [-0.39, 0.29) is 11.7 Å². The molecule has 242 valence electrons. The van der Waals surface area contributed by atoms with Gasteiger partial charge in [0.1, 0.15) is 11.6 Å². The fraction of sp³-hybridized carbons (Fsp3) is 0.500. The number of allylic oxidation sites excluding steroid dienone is 10. The molecule has 1 rings (SSSR count). The van der Waals surface area contributed by atoms with Gasteiger partial charge >= 0.3 is 0 Å². The molecular weight excluding hydrogens is 543 g/mol. The standard InChI is InChI=1S/C40H59FN2O/c1-12-18-21-36(41)37(20-14-3)43-32(11)31(10)38(42-26-17-6)28-33(19-13-2)34-22-23-35(30(9)27-34)40(24-15-4,25-16-5)39(44)29(7)8/h14,18-23,26-29,43H,12-13,15-17,24-25H2,1-11H3/b20-14-,21-18+,32-31+,33-19-,37-36-,38-28+,42-26?. The molecule has 0 aliphatic rings. The third-order valence-electron chi connectivity index (χ3n) is 7.91. The van der Waals surface area contributed by atoms with E-state index < -0.39 is 5.41 Å². The molecule has 1 N–H and O–H groups in total. The second kappa shape index (κ2) is 19.9. The largest absolute Gasteiger partial charge is 0.356 e. The summed E-state index contributed by atoms with van der Waals surface area (Å²) >= 11 is 0. The number of carbonyl (C=O) groups is 1. The van der Waals surface area contributed by atoms with Gasteiger partial charge in [-0.15, -0.1) is 0 Å². The number of ketones is 1. The Hall–Kier alpha value is -3.27. The van der Waals surface area contributed by atoms with E-state index in [0.717, 1.165) is 84.2 Å². The van der Waals surface area contributed by atoms with Gasteiger partial charge in [-0.1, -0.05) is 97.7 Å². The third-order valence-corrected chi connectivity index (χ3v) is 7.91. The van der Waals surface area contributed by atoms with Gasteiger partial charge in [-0.25, -0.2) is 4.39 Å². The lowest BCUT2D eigenvalue weighted by molar-refractivity contribution is -0.128. The molecule has 0 spiro atoms. The number of carbonyl (C=O) groups excluding carboxylic acids is 1. The highest BCUT2D eigenvalue weighted by atomic mass is 19.1. The van der Waals surface area contributed by atoms with Crippen molar-refractivity contribution in [3.05, 3.63) is 99.8 Å². The normalized spacial score (nSPS) is 14.7. The predicted octanol–water partition coefficient (Wildman–Crippen LogP) is 11.8. The Morgan fingerprint density at radius 2 is 1.66 bits per heavy atom. The minimum absolute atomic E-state index is 0.0180. The van der Waals surface area contributed by atoms with Crippen LogP contribution < -0.4 is 5.32 Å². The van der Waals surface area contributed by atoms with Crippen LogP contribution in [0.2, 0.25) is 0 Å². The average Bonchev–Trinajstić information content (AvgIpc) is 3.00. The van der Waals surface area contributed by atoms with E-state index in [9.17, 15) is 9.18 Å². The van der Waals surface area contributed by atoms with Crippen molar-refractivity contribution >= 4 is 17.6 Å². The summed E-state index contributed by atoms with van der Waals surface area (Å²) in [5, 5.41) is 3.29. The molecular formula is C40H59FN2O. The SMILES string of the molecule is C\C=C/C(N/C(C)=C(C)/C(=C\C(=C\CC)c1ccc(C(CCC)(CCC)C(=O)C(C)C)c(C)c1)N=CCC)=C(F)\C=C\CC. The van der Waals surface area contributed by atoms with Gasteiger partial charge in [0.25, 0.3) is 0 Å².